The molecule has 0 bridgehead atoms. The first-order valence-corrected chi connectivity index (χ1v) is 7.27. The van der Waals surface area contributed by atoms with Crippen LogP contribution in [-0.4, -0.2) is 18.2 Å². The average molecular weight is 288 g/mol. The van der Waals surface area contributed by atoms with Gasteiger partial charge in [0.2, 0.25) is 0 Å². The Balaban J connectivity index is 2.26. The number of benzene rings is 1. The van der Waals surface area contributed by atoms with Crippen LogP contribution in [0, 0.1) is 0 Å². The minimum Gasteiger partial charge on any atom is -0.488 e. The second kappa shape index (κ2) is 5.21. The highest BCUT2D eigenvalue weighted by Gasteiger charge is 2.24. The van der Waals surface area contributed by atoms with E-state index in [0.29, 0.717) is 5.57 Å². The molecule has 21 heavy (non-hydrogen) atoms. The van der Waals surface area contributed by atoms with Gasteiger partial charge in [-0.25, -0.2) is 4.79 Å². The standard InChI is InChI=1S/C18H24O3/c1-17(2,3)14-8-7-12-9-13(11-20-15(12)10-14)16(19)21-18(4,5)6/h7-10H,11H2,1-6H3. The lowest BCUT2D eigenvalue weighted by atomic mass is 9.86. The number of rotatable bonds is 1. The van der Waals surface area contributed by atoms with Gasteiger partial charge in [-0.15, -0.1) is 0 Å². The monoisotopic (exact) mass is 288 g/mol. The van der Waals surface area contributed by atoms with Gasteiger partial charge in [0.25, 0.3) is 0 Å². The predicted molar refractivity (Wildman–Crippen MR) is 84.5 cm³/mol. The van der Waals surface area contributed by atoms with Crippen LogP contribution in [0.5, 0.6) is 5.75 Å². The van der Waals surface area contributed by atoms with Crippen LogP contribution in [0.1, 0.15) is 52.7 Å². The molecule has 3 heteroatoms. The van der Waals surface area contributed by atoms with Crippen molar-refractivity contribution in [2.75, 3.05) is 6.61 Å². The van der Waals surface area contributed by atoms with Gasteiger partial charge in [0.1, 0.15) is 18.0 Å². The molecule has 0 atom stereocenters. The zero-order valence-electron chi connectivity index (χ0n) is 13.7. The first kappa shape index (κ1) is 15.6. The molecule has 0 aromatic heterocycles. The molecular weight excluding hydrogens is 264 g/mol. The summed E-state index contributed by atoms with van der Waals surface area (Å²) in [4.78, 5) is 12.1. The summed E-state index contributed by atoms with van der Waals surface area (Å²) in [5.41, 5.74) is 2.29. The molecule has 0 spiro atoms. The van der Waals surface area contributed by atoms with Crippen LogP contribution in [-0.2, 0) is 14.9 Å². The molecule has 0 radical (unpaired) electrons. The van der Waals surface area contributed by atoms with Crippen molar-refractivity contribution in [3.8, 4) is 5.75 Å². The molecule has 0 aliphatic carbocycles. The van der Waals surface area contributed by atoms with Gasteiger partial charge in [0.05, 0.1) is 5.57 Å². The number of hydrogen-bond donors (Lipinski definition) is 0. The van der Waals surface area contributed by atoms with Crippen LogP contribution in [0.2, 0.25) is 0 Å². The maximum atomic E-state index is 12.1. The molecule has 0 saturated heterocycles. The second-order valence-electron chi connectivity index (χ2n) is 7.46. The van der Waals surface area contributed by atoms with Gasteiger partial charge >= 0.3 is 5.97 Å². The normalized spacial score (nSPS) is 14.9. The van der Waals surface area contributed by atoms with Gasteiger partial charge in [-0.3, -0.25) is 0 Å². The largest absolute Gasteiger partial charge is 0.488 e. The quantitative estimate of drug-likeness (QED) is 0.730. The van der Waals surface area contributed by atoms with Gasteiger partial charge < -0.3 is 9.47 Å². The third-order valence-corrected chi connectivity index (χ3v) is 3.25. The Hall–Kier alpha value is -1.77. The number of esters is 1. The maximum absolute atomic E-state index is 12.1. The molecule has 1 aromatic rings. The van der Waals surface area contributed by atoms with Gasteiger partial charge in [-0.1, -0.05) is 32.9 Å². The topological polar surface area (TPSA) is 35.5 Å². The van der Waals surface area contributed by atoms with Gasteiger partial charge in [-0.05, 0) is 43.9 Å². The van der Waals surface area contributed by atoms with Gasteiger partial charge in [0, 0.05) is 5.56 Å². The lowest BCUT2D eigenvalue weighted by Gasteiger charge is -2.25. The van der Waals surface area contributed by atoms with E-state index in [0.717, 1.165) is 11.3 Å². The molecule has 0 saturated carbocycles. The Morgan fingerprint density at radius 1 is 1.14 bits per heavy atom. The van der Waals surface area contributed by atoms with Crippen molar-refractivity contribution in [3.05, 3.63) is 34.9 Å². The van der Waals surface area contributed by atoms with Crippen molar-refractivity contribution in [2.45, 2.75) is 52.6 Å². The summed E-state index contributed by atoms with van der Waals surface area (Å²) in [7, 11) is 0. The number of hydrogen-bond acceptors (Lipinski definition) is 3. The lowest BCUT2D eigenvalue weighted by Crippen LogP contribution is -2.27. The van der Waals surface area contributed by atoms with Crippen LogP contribution in [0.3, 0.4) is 0 Å². The molecule has 0 fully saturated rings. The summed E-state index contributed by atoms with van der Waals surface area (Å²) < 4.78 is 11.1. The van der Waals surface area contributed by atoms with Crippen LogP contribution < -0.4 is 4.74 Å². The highest BCUT2D eigenvalue weighted by atomic mass is 16.6. The summed E-state index contributed by atoms with van der Waals surface area (Å²) >= 11 is 0. The first-order valence-electron chi connectivity index (χ1n) is 7.27. The Morgan fingerprint density at radius 2 is 1.81 bits per heavy atom. The average Bonchev–Trinajstić information content (AvgIpc) is 2.34. The van der Waals surface area contributed by atoms with Crippen LogP contribution in [0.15, 0.2) is 23.8 Å². The zero-order chi connectivity index (χ0) is 15.8. The van der Waals surface area contributed by atoms with Crippen molar-refractivity contribution >= 4 is 12.0 Å². The van der Waals surface area contributed by atoms with E-state index in [4.69, 9.17) is 9.47 Å². The fraction of sp³-hybridized carbons (Fsp3) is 0.500. The Labute approximate surface area is 127 Å². The zero-order valence-corrected chi connectivity index (χ0v) is 13.7. The molecule has 1 aromatic carbocycles. The third-order valence-electron chi connectivity index (χ3n) is 3.25. The van der Waals surface area contributed by atoms with E-state index in [-0.39, 0.29) is 18.0 Å². The minimum absolute atomic E-state index is 0.0769. The van der Waals surface area contributed by atoms with E-state index >= 15 is 0 Å². The van der Waals surface area contributed by atoms with Crippen molar-refractivity contribution < 1.29 is 14.3 Å². The summed E-state index contributed by atoms with van der Waals surface area (Å²) in [5, 5.41) is 0. The summed E-state index contributed by atoms with van der Waals surface area (Å²) in [6.07, 6.45) is 1.86. The molecule has 3 nitrogen and oxygen atoms in total. The van der Waals surface area contributed by atoms with E-state index < -0.39 is 5.60 Å². The van der Waals surface area contributed by atoms with Crippen molar-refractivity contribution in [1.82, 2.24) is 0 Å². The van der Waals surface area contributed by atoms with E-state index in [1.807, 2.05) is 32.9 Å². The van der Waals surface area contributed by atoms with E-state index in [2.05, 4.69) is 32.9 Å². The second-order valence-corrected chi connectivity index (χ2v) is 7.46. The molecule has 0 unspecified atom stereocenters. The lowest BCUT2D eigenvalue weighted by molar-refractivity contribution is -0.150. The molecular formula is C18H24O3. The Kier molecular flexibility index (Phi) is 3.87. The van der Waals surface area contributed by atoms with Crippen molar-refractivity contribution in [1.29, 1.82) is 0 Å². The summed E-state index contributed by atoms with van der Waals surface area (Å²) in [6.45, 7) is 12.3. The third kappa shape index (κ3) is 3.87. The summed E-state index contributed by atoms with van der Waals surface area (Å²) in [5.74, 6) is 0.516. The first-order chi connectivity index (χ1) is 9.56. The molecule has 1 heterocycles. The van der Waals surface area contributed by atoms with Crippen LogP contribution >= 0.6 is 0 Å². The minimum atomic E-state index is -0.492. The molecule has 0 N–H and O–H groups in total. The smallest absolute Gasteiger partial charge is 0.338 e. The molecule has 114 valence electrons. The number of fused-ring (bicyclic) bond motifs is 1. The van der Waals surface area contributed by atoms with Gasteiger partial charge in [-0.2, -0.15) is 0 Å². The SMILES string of the molecule is CC(C)(C)OC(=O)C1=Cc2ccc(C(C)(C)C)cc2OC1. The van der Waals surface area contributed by atoms with E-state index in [9.17, 15) is 4.79 Å². The molecule has 0 amide bonds. The maximum Gasteiger partial charge on any atom is 0.338 e. The Morgan fingerprint density at radius 3 is 2.38 bits per heavy atom. The highest BCUT2D eigenvalue weighted by Crippen LogP contribution is 2.32. The highest BCUT2D eigenvalue weighted by molar-refractivity contribution is 5.95. The van der Waals surface area contributed by atoms with Crippen molar-refractivity contribution in [3.63, 3.8) is 0 Å². The predicted octanol–water partition coefficient (Wildman–Crippen LogP) is 4.10. The van der Waals surface area contributed by atoms with Gasteiger partial charge in [0.15, 0.2) is 0 Å². The molecule has 1 aliphatic rings. The molecule has 1 aliphatic heterocycles. The van der Waals surface area contributed by atoms with Crippen LogP contribution in [0.4, 0.5) is 0 Å². The summed E-state index contributed by atoms with van der Waals surface area (Å²) in [6, 6.07) is 6.13. The number of carbonyl (C=O) groups is 1. The van der Waals surface area contributed by atoms with Crippen molar-refractivity contribution in [2.24, 2.45) is 0 Å². The fourth-order valence-electron chi connectivity index (χ4n) is 2.09. The van der Waals surface area contributed by atoms with Crippen LogP contribution in [0.25, 0.3) is 6.08 Å². The number of carbonyl (C=O) groups excluding carboxylic acids is 1. The van der Waals surface area contributed by atoms with E-state index in [1.54, 1.807) is 0 Å². The number of ether oxygens (including phenoxy) is 2. The fourth-order valence-corrected chi connectivity index (χ4v) is 2.09. The van der Waals surface area contributed by atoms with E-state index in [1.165, 1.54) is 5.56 Å². The molecule has 2 rings (SSSR count). The Bertz CT molecular complexity index is 583.